The number of sulfonamides is 1. The van der Waals surface area contributed by atoms with Crippen molar-refractivity contribution in [1.82, 2.24) is 4.72 Å². The van der Waals surface area contributed by atoms with E-state index in [1.54, 1.807) is 6.07 Å². The molecule has 20 heavy (non-hydrogen) atoms. The van der Waals surface area contributed by atoms with E-state index in [1.165, 1.54) is 6.07 Å². The first kappa shape index (κ1) is 16.2. The summed E-state index contributed by atoms with van der Waals surface area (Å²) in [6, 6.07) is 4.06. The molecule has 0 saturated carbocycles. The van der Waals surface area contributed by atoms with Crippen LogP contribution in [0.25, 0.3) is 0 Å². The van der Waals surface area contributed by atoms with Gasteiger partial charge in [0.25, 0.3) is 10.0 Å². The van der Waals surface area contributed by atoms with E-state index < -0.39 is 27.0 Å². The molecule has 0 bridgehead atoms. The third-order valence-corrected chi connectivity index (χ3v) is 3.88. The molecule has 0 amide bonds. The molecule has 110 valence electrons. The standard InChI is InChI=1S/C12H16N2O5S/c1-8(2)5-9(12(15)16)7-14-20(17,18)11-4-3-10(6-13)19-11/h3-4,8-9,14H,5,7H2,1-2H3,(H,15,16). The molecule has 1 rings (SSSR count). The summed E-state index contributed by atoms with van der Waals surface area (Å²) >= 11 is 0. The molecule has 7 nitrogen and oxygen atoms in total. The first-order valence-electron chi connectivity index (χ1n) is 5.98. The number of carboxylic acid groups (broad SMARTS) is 1. The van der Waals surface area contributed by atoms with Crippen molar-refractivity contribution in [3.05, 3.63) is 17.9 Å². The Morgan fingerprint density at radius 3 is 2.60 bits per heavy atom. The number of hydrogen-bond acceptors (Lipinski definition) is 5. The Hall–Kier alpha value is -1.85. The van der Waals surface area contributed by atoms with Crippen molar-refractivity contribution in [2.45, 2.75) is 25.4 Å². The number of carbonyl (C=O) groups is 1. The predicted molar refractivity (Wildman–Crippen MR) is 69.2 cm³/mol. The minimum absolute atomic E-state index is 0.123. The van der Waals surface area contributed by atoms with E-state index in [2.05, 4.69) is 4.72 Å². The summed E-state index contributed by atoms with van der Waals surface area (Å²) in [7, 11) is -3.95. The molecule has 0 aromatic carbocycles. The second kappa shape index (κ2) is 6.54. The molecule has 8 heteroatoms. The molecule has 1 atom stereocenters. The molecule has 1 unspecified atom stereocenters. The molecule has 0 aliphatic rings. The van der Waals surface area contributed by atoms with Crippen molar-refractivity contribution < 1.29 is 22.7 Å². The highest BCUT2D eigenvalue weighted by molar-refractivity contribution is 7.89. The van der Waals surface area contributed by atoms with Crippen molar-refractivity contribution in [1.29, 1.82) is 5.26 Å². The summed E-state index contributed by atoms with van der Waals surface area (Å²) in [5.74, 6) is -1.86. The first-order chi connectivity index (χ1) is 9.26. The lowest BCUT2D eigenvalue weighted by molar-refractivity contribution is -0.142. The van der Waals surface area contributed by atoms with Crippen molar-refractivity contribution in [2.24, 2.45) is 11.8 Å². The largest absolute Gasteiger partial charge is 0.481 e. The molecular formula is C12H16N2O5S. The maximum atomic E-state index is 11.9. The van der Waals surface area contributed by atoms with E-state index in [4.69, 9.17) is 14.8 Å². The lowest BCUT2D eigenvalue weighted by Crippen LogP contribution is -2.33. The second-order valence-electron chi connectivity index (χ2n) is 4.75. The molecule has 0 aliphatic heterocycles. The Kier molecular flexibility index (Phi) is 5.30. The molecule has 0 fully saturated rings. The average Bonchev–Trinajstić information content (AvgIpc) is 2.83. The summed E-state index contributed by atoms with van der Waals surface area (Å²) in [5.41, 5.74) is 0. The Morgan fingerprint density at radius 2 is 2.15 bits per heavy atom. The summed E-state index contributed by atoms with van der Waals surface area (Å²) in [4.78, 5) is 11.0. The van der Waals surface area contributed by atoms with Crippen LogP contribution in [0.2, 0.25) is 0 Å². The van der Waals surface area contributed by atoms with Gasteiger partial charge in [0, 0.05) is 6.54 Å². The first-order valence-corrected chi connectivity index (χ1v) is 7.47. The number of nitriles is 1. The van der Waals surface area contributed by atoms with Gasteiger partial charge in [-0.1, -0.05) is 13.8 Å². The van der Waals surface area contributed by atoms with Crippen LogP contribution in [0.15, 0.2) is 21.6 Å². The maximum Gasteiger partial charge on any atom is 0.307 e. The van der Waals surface area contributed by atoms with E-state index >= 15 is 0 Å². The minimum Gasteiger partial charge on any atom is -0.481 e. The third kappa shape index (κ3) is 4.36. The van der Waals surface area contributed by atoms with Gasteiger partial charge in [-0.15, -0.1) is 0 Å². The van der Waals surface area contributed by atoms with Crippen LogP contribution in [0, 0.1) is 23.2 Å². The van der Waals surface area contributed by atoms with Gasteiger partial charge in [0.15, 0.2) is 0 Å². The number of hydrogen-bond donors (Lipinski definition) is 2. The zero-order chi connectivity index (χ0) is 15.3. The smallest absolute Gasteiger partial charge is 0.307 e. The fourth-order valence-corrected chi connectivity index (χ4v) is 2.66. The van der Waals surface area contributed by atoms with Gasteiger partial charge >= 0.3 is 5.97 Å². The van der Waals surface area contributed by atoms with Gasteiger partial charge in [-0.05, 0) is 24.5 Å². The highest BCUT2D eigenvalue weighted by atomic mass is 32.2. The molecule has 0 spiro atoms. The number of rotatable bonds is 7. The van der Waals surface area contributed by atoms with E-state index in [0.29, 0.717) is 6.42 Å². The van der Waals surface area contributed by atoms with Gasteiger partial charge in [-0.2, -0.15) is 5.26 Å². The number of furan rings is 1. The normalized spacial score (nSPS) is 13.1. The summed E-state index contributed by atoms with van der Waals surface area (Å²) in [6.45, 7) is 3.49. The van der Waals surface area contributed by atoms with Gasteiger partial charge in [-0.3, -0.25) is 4.79 Å². The van der Waals surface area contributed by atoms with Crippen LogP contribution in [0.1, 0.15) is 26.0 Å². The molecule has 0 radical (unpaired) electrons. The Balaban J connectivity index is 2.76. The Morgan fingerprint density at radius 1 is 1.50 bits per heavy atom. The molecule has 2 N–H and O–H groups in total. The minimum atomic E-state index is -3.95. The molecule has 0 aliphatic carbocycles. The van der Waals surface area contributed by atoms with Crippen LogP contribution < -0.4 is 4.72 Å². The topological polar surface area (TPSA) is 120 Å². The predicted octanol–water partition coefficient (Wildman–Crippen LogP) is 1.18. The molecule has 0 saturated heterocycles. The van der Waals surface area contributed by atoms with Gasteiger partial charge in [0.1, 0.15) is 6.07 Å². The highest BCUT2D eigenvalue weighted by Gasteiger charge is 2.24. The highest BCUT2D eigenvalue weighted by Crippen LogP contribution is 2.15. The Bertz CT molecular complexity index is 612. The lowest BCUT2D eigenvalue weighted by atomic mass is 9.98. The van der Waals surface area contributed by atoms with E-state index in [1.807, 2.05) is 13.8 Å². The van der Waals surface area contributed by atoms with Gasteiger partial charge in [0.2, 0.25) is 10.9 Å². The summed E-state index contributed by atoms with van der Waals surface area (Å²) in [6.07, 6.45) is 0.361. The average molecular weight is 300 g/mol. The van der Waals surface area contributed by atoms with Crippen molar-refractivity contribution >= 4 is 16.0 Å². The zero-order valence-electron chi connectivity index (χ0n) is 11.2. The fourth-order valence-electron chi connectivity index (χ4n) is 1.65. The maximum absolute atomic E-state index is 11.9. The van der Waals surface area contributed by atoms with Crippen LogP contribution in [0.4, 0.5) is 0 Å². The summed E-state index contributed by atoms with van der Waals surface area (Å²) < 4.78 is 30.7. The van der Waals surface area contributed by atoms with Crippen LogP contribution in [-0.2, 0) is 14.8 Å². The third-order valence-electron chi connectivity index (χ3n) is 2.58. The zero-order valence-corrected chi connectivity index (χ0v) is 12.0. The van der Waals surface area contributed by atoms with Gasteiger partial charge in [-0.25, -0.2) is 13.1 Å². The lowest BCUT2D eigenvalue weighted by Gasteiger charge is -2.14. The summed E-state index contributed by atoms with van der Waals surface area (Å²) in [5, 5.41) is 17.2. The van der Waals surface area contributed by atoms with Gasteiger partial charge < -0.3 is 9.52 Å². The molecular weight excluding hydrogens is 284 g/mol. The van der Waals surface area contributed by atoms with E-state index in [0.717, 1.165) is 6.07 Å². The monoisotopic (exact) mass is 300 g/mol. The van der Waals surface area contributed by atoms with E-state index in [-0.39, 0.29) is 18.2 Å². The van der Waals surface area contributed by atoms with Gasteiger partial charge in [0.05, 0.1) is 5.92 Å². The van der Waals surface area contributed by atoms with Crippen molar-refractivity contribution in [2.75, 3.05) is 6.54 Å². The molecule has 1 heterocycles. The number of carboxylic acids is 1. The fraction of sp³-hybridized carbons (Fsp3) is 0.500. The quantitative estimate of drug-likeness (QED) is 0.780. The second-order valence-corrected chi connectivity index (χ2v) is 6.45. The SMILES string of the molecule is CC(C)CC(CNS(=O)(=O)c1ccc(C#N)o1)C(=O)O. The Labute approximate surface area is 117 Å². The van der Waals surface area contributed by atoms with E-state index in [9.17, 15) is 13.2 Å². The van der Waals surface area contributed by atoms with Crippen LogP contribution in [0.3, 0.4) is 0 Å². The van der Waals surface area contributed by atoms with Crippen LogP contribution in [0.5, 0.6) is 0 Å². The number of nitrogens with one attached hydrogen (secondary N) is 1. The molecule has 1 aromatic heterocycles. The number of nitrogens with zero attached hydrogens (tertiary/aromatic N) is 1. The number of aliphatic carboxylic acids is 1. The van der Waals surface area contributed by atoms with Crippen LogP contribution >= 0.6 is 0 Å². The van der Waals surface area contributed by atoms with Crippen LogP contribution in [-0.4, -0.2) is 26.0 Å². The van der Waals surface area contributed by atoms with Crippen molar-refractivity contribution in [3.63, 3.8) is 0 Å². The molecule has 1 aromatic rings. The van der Waals surface area contributed by atoms with Crippen molar-refractivity contribution in [3.8, 4) is 6.07 Å².